The highest BCUT2D eigenvalue weighted by Crippen LogP contribution is 2.28. The van der Waals surface area contributed by atoms with Gasteiger partial charge in [-0.2, -0.15) is 0 Å². The Morgan fingerprint density at radius 1 is 1.26 bits per heavy atom. The lowest BCUT2D eigenvalue weighted by molar-refractivity contribution is 0.0346. The van der Waals surface area contributed by atoms with E-state index in [0.717, 1.165) is 44.0 Å². The molecule has 1 aromatic rings. The van der Waals surface area contributed by atoms with Crippen LogP contribution in [0.2, 0.25) is 0 Å². The summed E-state index contributed by atoms with van der Waals surface area (Å²) >= 11 is 1.73. The van der Waals surface area contributed by atoms with E-state index in [1.807, 2.05) is 6.20 Å². The van der Waals surface area contributed by atoms with Crippen molar-refractivity contribution in [2.75, 3.05) is 26.4 Å². The average molecular weight is 281 g/mol. The molecule has 0 amide bonds. The topological polar surface area (TPSA) is 40.6 Å². The molecular weight excluding hydrogens is 261 g/mol. The van der Waals surface area contributed by atoms with Gasteiger partial charge in [0.05, 0.1) is 9.78 Å². The van der Waals surface area contributed by atoms with E-state index in [-0.39, 0.29) is 12.5 Å². The molecule has 0 saturated carbocycles. The van der Waals surface area contributed by atoms with Gasteiger partial charge < -0.3 is 14.0 Å². The summed E-state index contributed by atoms with van der Waals surface area (Å²) in [5.74, 6) is 0.549. The zero-order valence-corrected chi connectivity index (χ0v) is 12.4. The van der Waals surface area contributed by atoms with Gasteiger partial charge in [-0.3, -0.25) is 0 Å². The molecule has 1 aromatic heterocycles. The largest absolute Gasteiger partial charge is 0.506 e. The molecule has 104 valence electrons. The lowest BCUT2D eigenvalue weighted by Gasteiger charge is -2.32. The summed E-state index contributed by atoms with van der Waals surface area (Å²) in [6.07, 6.45) is 4.07. The molecule has 0 aliphatic carbocycles. The number of nitrogens with zero attached hydrogens (tertiary/aromatic N) is 1. The van der Waals surface area contributed by atoms with Crippen LogP contribution in [-0.4, -0.2) is 38.5 Å². The highest BCUT2D eigenvalue weighted by atomic mass is 32.1. The third-order valence-corrected chi connectivity index (χ3v) is 4.78. The SMILES string of the molecule is CC1(C)COB(c2cnc(C3CCOCC3)s2)OC1. The van der Waals surface area contributed by atoms with Gasteiger partial charge in [0.15, 0.2) is 0 Å². The monoisotopic (exact) mass is 281 g/mol. The van der Waals surface area contributed by atoms with Crippen LogP contribution < -0.4 is 4.78 Å². The minimum Gasteiger partial charge on any atom is -0.406 e. The minimum absolute atomic E-state index is 0.116. The predicted octanol–water partition coefficient (Wildman–Crippen LogP) is 1.81. The number of hydrogen-bond acceptors (Lipinski definition) is 5. The molecule has 2 fully saturated rings. The van der Waals surface area contributed by atoms with E-state index in [4.69, 9.17) is 14.0 Å². The van der Waals surface area contributed by atoms with Gasteiger partial charge in [0, 0.05) is 44.0 Å². The third kappa shape index (κ3) is 3.19. The number of ether oxygens (including phenoxy) is 1. The zero-order chi connectivity index (χ0) is 13.3. The van der Waals surface area contributed by atoms with Gasteiger partial charge in [-0.25, -0.2) is 4.98 Å². The Morgan fingerprint density at radius 2 is 1.95 bits per heavy atom. The van der Waals surface area contributed by atoms with E-state index in [1.54, 1.807) is 11.3 Å². The van der Waals surface area contributed by atoms with Crippen molar-refractivity contribution < 1.29 is 14.0 Å². The molecule has 2 aliphatic heterocycles. The number of thiazole rings is 1. The first-order valence-corrected chi connectivity index (χ1v) is 7.72. The van der Waals surface area contributed by atoms with Crippen LogP contribution in [0.3, 0.4) is 0 Å². The number of rotatable bonds is 2. The first-order valence-electron chi connectivity index (χ1n) is 6.91. The molecule has 3 heterocycles. The smallest absolute Gasteiger partial charge is 0.406 e. The fourth-order valence-corrected chi connectivity index (χ4v) is 3.49. The van der Waals surface area contributed by atoms with E-state index in [1.165, 1.54) is 5.01 Å². The van der Waals surface area contributed by atoms with Crippen LogP contribution in [0.1, 0.15) is 37.6 Å². The van der Waals surface area contributed by atoms with Crippen LogP contribution in [0.25, 0.3) is 0 Å². The van der Waals surface area contributed by atoms with E-state index in [9.17, 15) is 0 Å². The van der Waals surface area contributed by atoms with Crippen LogP contribution in [-0.2, 0) is 14.0 Å². The Balaban J connectivity index is 1.64. The summed E-state index contributed by atoms with van der Waals surface area (Å²) in [5.41, 5.74) is 0.116. The van der Waals surface area contributed by atoms with Gasteiger partial charge in [-0.15, -0.1) is 11.3 Å². The molecule has 0 spiro atoms. The second-order valence-electron chi connectivity index (χ2n) is 6.11. The molecule has 0 aromatic carbocycles. The summed E-state index contributed by atoms with van der Waals surface area (Å²) in [6.45, 7) is 7.49. The van der Waals surface area contributed by atoms with Crippen LogP contribution in [0.15, 0.2) is 6.20 Å². The maximum atomic E-state index is 5.80. The highest BCUT2D eigenvalue weighted by molar-refractivity contribution is 7.22. The van der Waals surface area contributed by atoms with Crippen LogP contribution in [0, 0.1) is 5.41 Å². The van der Waals surface area contributed by atoms with Gasteiger partial charge in [-0.1, -0.05) is 13.8 Å². The minimum atomic E-state index is -0.223. The first-order chi connectivity index (χ1) is 9.14. The second-order valence-corrected chi connectivity index (χ2v) is 7.20. The fraction of sp³-hybridized carbons (Fsp3) is 0.769. The third-order valence-electron chi connectivity index (χ3n) is 3.60. The van der Waals surface area contributed by atoms with Crippen LogP contribution in [0.4, 0.5) is 0 Å². The van der Waals surface area contributed by atoms with Crippen molar-refractivity contribution in [3.8, 4) is 0 Å². The molecule has 2 aliphatic rings. The molecule has 2 saturated heterocycles. The molecule has 3 rings (SSSR count). The Labute approximate surface area is 118 Å². The second kappa shape index (κ2) is 5.52. The molecule has 4 nitrogen and oxygen atoms in total. The van der Waals surface area contributed by atoms with Crippen LogP contribution in [0.5, 0.6) is 0 Å². The molecule has 0 unspecified atom stereocenters. The molecule has 0 radical (unpaired) electrons. The van der Waals surface area contributed by atoms with Crippen molar-refractivity contribution in [1.29, 1.82) is 0 Å². The van der Waals surface area contributed by atoms with Gasteiger partial charge in [-0.05, 0) is 12.8 Å². The van der Waals surface area contributed by atoms with Gasteiger partial charge in [0.1, 0.15) is 0 Å². The van der Waals surface area contributed by atoms with E-state index in [0.29, 0.717) is 5.92 Å². The first kappa shape index (κ1) is 13.6. The zero-order valence-electron chi connectivity index (χ0n) is 11.6. The Morgan fingerprint density at radius 3 is 2.63 bits per heavy atom. The molecule has 6 heteroatoms. The summed E-state index contributed by atoms with van der Waals surface area (Å²) < 4.78 is 18.1. The number of hydrogen-bond donors (Lipinski definition) is 0. The summed E-state index contributed by atoms with van der Waals surface area (Å²) in [5, 5.41) is 1.20. The lowest BCUT2D eigenvalue weighted by atomic mass is 9.83. The van der Waals surface area contributed by atoms with E-state index < -0.39 is 0 Å². The van der Waals surface area contributed by atoms with Gasteiger partial charge in [0.2, 0.25) is 0 Å². The van der Waals surface area contributed by atoms with Crippen molar-refractivity contribution in [3.63, 3.8) is 0 Å². The van der Waals surface area contributed by atoms with Crippen molar-refractivity contribution >= 4 is 23.2 Å². The standard InChI is InChI=1S/C13H20BNO3S/c1-13(2)8-17-14(18-9-13)11-7-15-12(19-11)10-3-5-16-6-4-10/h7,10H,3-6,8-9H2,1-2H3. The molecule has 19 heavy (non-hydrogen) atoms. The quantitative estimate of drug-likeness (QED) is 0.775. The van der Waals surface area contributed by atoms with Gasteiger partial charge in [0.25, 0.3) is 0 Å². The van der Waals surface area contributed by atoms with E-state index in [2.05, 4.69) is 18.8 Å². The van der Waals surface area contributed by atoms with Crippen molar-refractivity contribution in [3.05, 3.63) is 11.2 Å². The molecule has 0 atom stereocenters. The fourth-order valence-electron chi connectivity index (χ4n) is 2.40. The maximum absolute atomic E-state index is 5.80. The number of aromatic nitrogens is 1. The Kier molecular flexibility index (Phi) is 3.94. The van der Waals surface area contributed by atoms with Crippen molar-refractivity contribution in [2.45, 2.75) is 32.6 Å². The van der Waals surface area contributed by atoms with Crippen molar-refractivity contribution in [1.82, 2.24) is 4.98 Å². The summed E-state index contributed by atoms with van der Waals surface area (Å²) in [6, 6.07) is 0. The van der Waals surface area contributed by atoms with E-state index >= 15 is 0 Å². The molecule has 0 N–H and O–H groups in total. The molecule has 0 bridgehead atoms. The average Bonchev–Trinajstić information content (AvgIpc) is 2.89. The predicted molar refractivity (Wildman–Crippen MR) is 76.0 cm³/mol. The molecular formula is C13H20BNO3S. The maximum Gasteiger partial charge on any atom is 0.506 e. The summed E-state index contributed by atoms with van der Waals surface area (Å²) in [7, 11) is -0.223. The Hall–Kier alpha value is -0.425. The van der Waals surface area contributed by atoms with Crippen molar-refractivity contribution in [2.24, 2.45) is 5.41 Å². The normalized spacial score (nSPS) is 24.6. The Bertz CT molecular complexity index is 421. The lowest BCUT2D eigenvalue weighted by Crippen LogP contribution is -2.46. The summed E-state index contributed by atoms with van der Waals surface area (Å²) in [4.78, 5) is 4.55. The van der Waals surface area contributed by atoms with Gasteiger partial charge >= 0.3 is 7.12 Å². The van der Waals surface area contributed by atoms with Crippen LogP contribution >= 0.6 is 11.3 Å². The highest BCUT2D eigenvalue weighted by Gasteiger charge is 2.35.